The molecule has 0 saturated heterocycles. The summed E-state index contributed by atoms with van der Waals surface area (Å²) in [6.45, 7) is 0.678. The van der Waals surface area contributed by atoms with Gasteiger partial charge in [0.25, 0.3) is 5.91 Å². The van der Waals surface area contributed by atoms with E-state index in [1.807, 2.05) is 48.5 Å². The molecule has 0 aliphatic heterocycles. The standard InChI is InChI=1S/C28H23BrFN3O4/c1-33(28(35)37-26-20-8-4-2-6-18(20)19-7-3-5-9-21(19)26)13-12-31-25-16-36-15-22(25)27(34)32-17-10-11-24(30)23(29)14-17/h2-11,14-16,26,31H,12-13H2,1H3,(H,32,34). The van der Waals surface area contributed by atoms with Gasteiger partial charge in [0.1, 0.15) is 23.9 Å². The smallest absolute Gasteiger partial charge is 0.410 e. The molecular weight excluding hydrogens is 541 g/mol. The quantitative estimate of drug-likeness (QED) is 0.262. The highest BCUT2D eigenvalue weighted by atomic mass is 79.9. The fourth-order valence-electron chi connectivity index (χ4n) is 4.26. The van der Waals surface area contributed by atoms with Gasteiger partial charge in [0, 0.05) is 37.0 Å². The molecule has 37 heavy (non-hydrogen) atoms. The molecule has 0 saturated carbocycles. The third kappa shape index (κ3) is 5.08. The van der Waals surface area contributed by atoms with Crippen molar-refractivity contribution in [1.82, 2.24) is 4.90 Å². The molecule has 7 nitrogen and oxygen atoms in total. The highest BCUT2D eigenvalue weighted by Gasteiger charge is 2.31. The van der Waals surface area contributed by atoms with Gasteiger partial charge in [-0.3, -0.25) is 4.79 Å². The average molecular weight is 564 g/mol. The molecule has 0 bridgehead atoms. The molecule has 9 heteroatoms. The van der Waals surface area contributed by atoms with E-state index in [1.165, 1.54) is 35.6 Å². The molecule has 0 atom stereocenters. The first-order valence-electron chi connectivity index (χ1n) is 11.6. The van der Waals surface area contributed by atoms with Gasteiger partial charge in [0.15, 0.2) is 6.10 Å². The SMILES string of the molecule is CN(CCNc1cocc1C(=O)Nc1ccc(F)c(Br)c1)C(=O)OC1c2ccccc2-c2ccccc21. The van der Waals surface area contributed by atoms with Crippen molar-refractivity contribution in [2.45, 2.75) is 6.10 Å². The topological polar surface area (TPSA) is 83.8 Å². The number of nitrogens with one attached hydrogen (secondary N) is 2. The van der Waals surface area contributed by atoms with E-state index in [-0.39, 0.29) is 10.0 Å². The second kappa shape index (κ2) is 10.5. The molecule has 0 unspecified atom stereocenters. The summed E-state index contributed by atoms with van der Waals surface area (Å²) in [4.78, 5) is 27.1. The molecule has 1 aromatic heterocycles. The van der Waals surface area contributed by atoms with Crippen molar-refractivity contribution in [3.63, 3.8) is 0 Å². The van der Waals surface area contributed by atoms with Crippen LogP contribution in [0.1, 0.15) is 27.6 Å². The monoisotopic (exact) mass is 563 g/mol. The first kappa shape index (κ1) is 24.6. The maximum absolute atomic E-state index is 13.5. The van der Waals surface area contributed by atoms with Crippen LogP contribution in [-0.4, -0.2) is 37.0 Å². The predicted molar refractivity (Wildman–Crippen MR) is 142 cm³/mol. The molecular formula is C28H23BrFN3O4. The number of rotatable bonds is 7. The first-order valence-corrected chi connectivity index (χ1v) is 12.4. The summed E-state index contributed by atoms with van der Waals surface area (Å²) in [5.74, 6) is -0.839. The van der Waals surface area contributed by atoms with Gasteiger partial charge in [-0.2, -0.15) is 0 Å². The number of ether oxygens (including phenoxy) is 1. The van der Waals surface area contributed by atoms with Gasteiger partial charge in [-0.05, 0) is 45.3 Å². The zero-order valence-corrected chi connectivity index (χ0v) is 21.4. The summed E-state index contributed by atoms with van der Waals surface area (Å²) in [5.41, 5.74) is 5.25. The minimum Gasteiger partial charge on any atom is -0.470 e. The summed E-state index contributed by atoms with van der Waals surface area (Å²) in [7, 11) is 1.66. The lowest BCUT2D eigenvalue weighted by Gasteiger charge is -2.21. The van der Waals surface area contributed by atoms with Crippen molar-refractivity contribution in [2.24, 2.45) is 0 Å². The summed E-state index contributed by atoms with van der Waals surface area (Å²) < 4.78 is 24.8. The van der Waals surface area contributed by atoms with Crippen LogP contribution in [0.5, 0.6) is 0 Å². The molecule has 1 aliphatic carbocycles. The van der Waals surface area contributed by atoms with Gasteiger partial charge >= 0.3 is 6.09 Å². The zero-order chi connectivity index (χ0) is 25.9. The van der Waals surface area contributed by atoms with Gasteiger partial charge < -0.3 is 24.7 Å². The van der Waals surface area contributed by atoms with Crippen LogP contribution in [0.4, 0.5) is 20.6 Å². The molecule has 0 radical (unpaired) electrons. The first-order chi connectivity index (χ1) is 17.9. The predicted octanol–water partition coefficient (Wildman–Crippen LogP) is 6.68. The fraction of sp³-hybridized carbons (Fsp3) is 0.143. The van der Waals surface area contributed by atoms with E-state index in [2.05, 4.69) is 26.6 Å². The van der Waals surface area contributed by atoms with Crippen molar-refractivity contribution in [2.75, 3.05) is 30.8 Å². The number of fused-ring (bicyclic) bond motifs is 3. The number of carbonyl (C=O) groups excluding carboxylic acids is 2. The van der Waals surface area contributed by atoms with Crippen LogP contribution in [0.3, 0.4) is 0 Å². The van der Waals surface area contributed by atoms with Crippen LogP contribution < -0.4 is 10.6 Å². The normalized spacial score (nSPS) is 12.0. The van der Waals surface area contributed by atoms with E-state index in [0.29, 0.717) is 24.5 Å². The van der Waals surface area contributed by atoms with Gasteiger partial charge in [-0.15, -0.1) is 0 Å². The van der Waals surface area contributed by atoms with E-state index in [0.717, 1.165) is 22.3 Å². The zero-order valence-electron chi connectivity index (χ0n) is 19.8. The van der Waals surface area contributed by atoms with Crippen molar-refractivity contribution in [3.05, 3.63) is 106 Å². The molecule has 0 fully saturated rings. The molecule has 5 rings (SSSR count). The number of amides is 2. The molecule has 3 aromatic carbocycles. The Labute approximate surface area is 221 Å². The minimum atomic E-state index is -0.467. The second-order valence-corrected chi connectivity index (χ2v) is 9.42. The second-order valence-electron chi connectivity index (χ2n) is 8.57. The summed E-state index contributed by atoms with van der Waals surface area (Å²) in [6.07, 6.45) is 1.82. The van der Waals surface area contributed by atoms with Crippen LogP contribution in [0.25, 0.3) is 11.1 Å². The maximum atomic E-state index is 13.5. The van der Waals surface area contributed by atoms with Crippen molar-refractivity contribution < 1.29 is 23.1 Å². The number of anilines is 2. The van der Waals surface area contributed by atoms with Gasteiger partial charge in [0.2, 0.25) is 0 Å². The number of nitrogens with zero attached hydrogens (tertiary/aromatic N) is 1. The van der Waals surface area contributed by atoms with Gasteiger partial charge in [-0.25, -0.2) is 9.18 Å². The Morgan fingerprint density at radius 2 is 1.70 bits per heavy atom. The lowest BCUT2D eigenvalue weighted by molar-refractivity contribution is 0.0872. The third-order valence-electron chi connectivity index (χ3n) is 6.15. The average Bonchev–Trinajstić information content (AvgIpc) is 3.49. The molecule has 1 aliphatic rings. The number of benzene rings is 3. The van der Waals surface area contributed by atoms with E-state index in [4.69, 9.17) is 9.15 Å². The third-order valence-corrected chi connectivity index (χ3v) is 6.76. The molecule has 1 heterocycles. The van der Waals surface area contributed by atoms with E-state index in [1.54, 1.807) is 7.05 Å². The van der Waals surface area contributed by atoms with Crippen LogP contribution in [0.15, 0.2) is 88.1 Å². The lowest BCUT2D eigenvalue weighted by atomic mass is 10.1. The van der Waals surface area contributed by atoms with E-state index >= 15 is 0 Å². The largest absolute Gasteiger partial charge is 0.470 e. The Kier molecular flexibility index (Phi) is 6.96. The van der Waals surface area contributed by atoms with E-state index < -0.39 is 23.9 Å². The summed E-state index contributed by atoms with van der Waals surface area (Å²) in [5, 5.41) is 5.82. The van der Waals surface area contributed by atoms with Crippen LogP contribution in [0.2, 0.25) is 0 Å². The molecule has 2 amide bonds. The van der Waals surface area contributed by atoms with Gasteiger partial charge in [0.05, 0.1) is 10.2 Å². The number of hydrogen-bond donors (Lipinski definition) is 2. The molecule has 0 spiro atoms. The fourth-order valence-corrected chi connectivity index (χ4v) is 4.64. The highest BCUT2D eigenvalue weighted by Crippen LogP contribution is 2.45. The Balaban J connectivity index is 1.18. The number of furan rings is 1. The molecule has 188 valence electrons. The van der Waals surface area contributed by atoms with Crippen molar-refractivity contribution in [1.29, 1.82) is 0 Å². The molecule has 2 N–H and O–H groups in total. The van der Waals surface area contributed by atoms with Crippen LogP contribution in [0, 0.1) is 5.82 Å². The Morgan fingerprint density at radius 3 is 2.38 bits per heavy atom. The minimum absolute atomic E-state index is 0.246. The Morgan fingerprint density at radius 1 is 1.03 bits per heavy atom. The van der Waals surface area contributed by atoms with Crippen molar-refractivity contribution >= 4 is 39.3 Å². The van der Waals surface area contributed by atoms with E-state index in [9.17, 15) is 14.0 Å². The Bertz CT molecular complexity index is 1430. The summed E-state index contributed by atoms with van der Waals surface area (Å²) >= 11 is 3.10. The number of hydrogen-bond acceptors (Lipinski definition) is 5. The molecule has 4 aromatic rings. The maximum Gasteiger partial charge on any atom is 0.410 e. The lowest BCUT2D eigenvalue weighted by Crippen LogP contribution is -2.33. The highest BCUT2D eigenvalue weighted by molar-refractivity contribution is 9.10. The van der Waals surface area contributed by atoms with Crippen molar-refractivity contribution in [3.8, 4) is 11.1 Å². The summed E-state index contributed by atoms with van der Waals surface area (Å²) in [6, 6.07) is 20.0. The number of halogens is 2. The van der Waals surface area contributed by atoms with Crippen LogP contribution in [-0.2, 0) is 4.74 Å². The van der Waals surface area contributed by atoms with Gasteiger partial charge in [-0.1, -0.05) is 48.5 Å². The number of likely N-dealkylation sites (N-methyl/N-ethyl adjacent to an activating group) is 1. The Hall–Kier alpha value is -4.11. The van der Waals surface area contributed by atoms with Crippen LogP contribution >= 0.6 is 15.9 Å². The number of carbonyl (C=O) groups is 2.